The second kappa shape index (κ2) is 8.08. The highest BCUT2D eigenvalue weighted by molar-refractivity contribution is 5.89. The van der Waals surface area contributed by atoms with Gasteiger partial charge in [-0.2, -0.15) is 0 Å². The van der Waals surface area contributed by atoms with E-state index in [0.29, 0.717) is 32.0 Å². The minimum absolute atomic E-state index is 0.181. The van der Waals surface area contributed by atoms with Crippen molar-refractivity contribution in [2.75, 3.05) is 25.1 Å². The first kappa shape index (κ1) is 18.0. The number of carbonyl (C=O) groups excluding carboxylic acids is 1. The van der Waals surface area contributed by atoms with Crippen LogP contribution in [0.1, 0.15) is 25.0 Å². The van der Waals surface area contributed by atoms with Gasteiger partial charge in [0.15, 0.2) is 11.6 Å². The Balaban J connectivity index is 1.67. The van der Waals surface area contributed by atoms with Gasteiger partial charge in [0.2, 0.25) is 0 Å². The van der Waals surface area contributed by atoms with Crippen LogP contribution in [0.2, 0.25) is 0 Å². The van der Waals surface area contributed by atoms with E-state index in [1.54, 1.807) is 17.9 Å². The van der Waals surface area contributed by atoms with Crippen molar-refractivity contribution in [2.24, 2.45) is 0 Å². The lowest BCUT2D eigenvalue weighted by Gasteiger charge is -2.29. The number of halogens is 1. The molecule has 6 heteroatoms. The molecule has 1 aliphatic heterocycles. The Bertz CT molecular complexity index is 795. The van der Waals surface area contributed by atoms with Gasteiger partial charge in [-0.3, -0.25) is 0 Å². The molecule has 2 amide bonds. The number of nitrogens with zero attached hydrogens (tertiary/aromatic N) is 1. The first-order valence-electron chi connectivity index (χ1n) is 8.83. The number of hydrogen-bond donors (Lipinski definition) is 1. The topological polar surface area (TPSA) is 50.8 Å². The number of carbonyl (C=O) groups is 1. The Labute approximate surface area is 152 Å². The van der Waals surface area contributed by atoms with Crippen molar-refractivity contribution in [3.8, 4) is 11.5 Å². The van der Waals surface area contributed by atoms with Gasteiger partial charge in [0.25, 0.3) is 0 Å². The lowest BCUT2D eigenvalue weighted by Crippen LogP contribution is -2.38. The van der Waals surface area contributed by atoms with Gasteiger partial charge < -0.3 is 19.7 Å². The summed E-state index contributed by atoms with van der Waals surface area (Å²) in [6, 6.07) is 10.2. The van der Waals surface area contributed by atoms with Gasteiger partial charge >= 0.3 is 6.03 Å². The summed E-state index contributed by atoms with van der Waals surface area (Å²) >= 11 is 0. The zero-order valence-electron chi connectivity index (χ0n) is 15.0. The number of ether oxygens (including phenoxy) is 2. The van der Waals surface area contributed by atoms with E-state index in [1.807, 2.05) is 19.1 Å². The molecule has 0 aliphatic carbocycles. The molecule has 26 heavy (non-hydrogen) atoms. The Hall–Kier alpha value is -2.76. The third kappa shape index (κ3) is 4.07. The molecule has 1 N–H and O–H groups in total. The summed E-state index contributed by atoms with van der Waals surface area (Å²) in [5.41, 5.74) is 2.71. The fourth-order valence-corrected chi connectivity index (χ4v) is 3.02. The molecule has 1 aliphatic rings. The Morgan fingerprint density at radius 2 is 1.92 bits per heavy atom. The monoisotopic (exact) mass is 358 g/mol. The maximum absolute atomic E-state index is 13.9. The second-order valence-corrected chi connectivity index (χ2v) is 6.04. The molecule has 1 heterocycles. The van der Waals surface area contributed by atoms with Gasteiger partial charge in [-0.1, -0.05) is 6.07 Å². The maximum Gasteiger partial charge on any atom is 0.322 e. The van der Waals surface area contributed by atoms with E-state index >= 15 is 0 Å². The largest absolute Gasteiger partial charge is 0.494 e. The van der Waals surface area contributed by atoms with Crippen molar-refractivity contribution >= 4 is 11.7 Å². The predicted molar refractivity (Wildman–Crippen MR) is 98.3 cm³/mol. The van der Waals surface area contributed by atoms with Crippen LogP contribution >= 0.6 is 0 Å². The van der Waals surface area contributed by atoms with Crippen molar-refractivity contribution in [3.05, 3.63) is 53.3 Å². The molecule has 2 aromatic rings. The number of nitrogens with one attached hydrogen (secondary N) is 1. The summed E-state index contributed by atoms with van der Waals surface area (Å²) in [6.07, 6.45) is 0.785. The molecule has 0 bridgehead atoms. The molecule has 0 atom stereocenters. The quantitative estimate of drug-likeness (QED) is 0.871. The molecule has 0 spiro atoms. The van der Waals surface area contributed by atoms with Gasteiger partial charge in [-0.15, -0.1) is 0 Å². The van der Waals surface area contributed by atoms with Crippen LogP contribution in [-0.4, -0.2) is 30.7 Å². The van der Waals surface area contributed by atoms with E-state index in [0.717, 1.165) is 17.7 Å². The molecule has 0 unspecified atom stereocenters. The van der Waals surface area contributed by atoms with Crippen molar-refractivity contribution < 1.29 is 18.7 Å². The smallest absolute Gasteiger partial charge is 0.322 e. The third-order valence-electron chi connectivity index (χ3n) is 4.27. The predicted octanol–water partition coefficient (Wildman–Crippen LogP) is 4.21. The van der Waals surface area contributed by atoms with E-state index in [-0.39, 0.29) is 11.8 Å². The fourth-order valence-electron chi connectivity index (χ4n) is 3.02. The van der Waals surface area contributed by atoms with Crippen LogP contribution in [0.15, 0.2) is 36.4 Å². The van der Waals surface area contributed by atoms with Gasteiger partial charge in [0.1, 0.15) is 5.75 Å². The number of fused-ring (bicyclic) bond motifs is 1. The van der Waals surface area contributed by atoms with Gasteiger partial charge in [-0.25, -0.2) is 9.18 Å². The van der Waals surface area contributed by atoms with Crippen LogP contribution in [0, 0.1) is 5.82 Å². The van der Waals surface area contributed by atoms with E-state index in [4.69, 9.17) is 9.47 Å². The van der Waals surface area contributed by atoms with Crippen LogP contribution in [-0.2, 0) is 13.0 Å². The maximum atomic E-state index is 13.9. The summed E-state index contributed by atoms with van der Waals surface area (Å²) in [5.74, 6) is 0.498. The van der Waals surface area contributed by atoms with Crippen LogP contribution < -0.4 is 14.8 Å². The van der Waals surface area contributed by atoms with E-state index in [9.17, 15) is 9.18 Å². The average molecular weight is 358 g/mol. The summed E-state index contributed by atoms with van der Waals surface area (Å²) < 4.78 is 24.6. The molecule has 0 aromatic heterocycles. The summed E-state index contributed by atoms with van der Waals surface area (Å²) in [4.78, 5) is 14.3. The minimum Gasteiger partial charge on any atom is -0.494 e. The van der Waals surface area contributed by atoms with Crippen LogP contribution in [0.4, 0.5) is 14.9 Å². The molecule has 2 aromatic carbocycles. The Morgan fingerprint density at radius 1 is 1.12 bits per heavy atom. The SMILES string of the molecule is CCOc1ccc2c(c1)CN(C(=O)Nc1ccc(OCC)c(F)c1)CC2. The number of amides is 2. The van der Waals surface area contributed by atoms with Gasteiger partial charge in [0, 0.05) is 24.8 Å². The zero-order chi connectivity index (χ0) is 18.5. The number of hydrogen-bond acceptors (Lipinski definition) is 3. The average Bonchev–Trinajstić information content (AvgIpc) is 2.64. The summed E-state index contributed by atoms with van der Waals surface area (Å²) in [6.45, 7) is 5.84. The van der Waals surface area contributed by atoms with Crippen molar-refractivity contribution in [1.82, 2.24) is 4.90 Å². The summed E-state index contributed by atoms with van der Waals surface area (Å²) in [7, 11) is 0. The first-order valence-corrected chi connectivity index (χ1v) is 8.83. The highest BCUT2D eigenvalue weighted by atomic mass is 19.1. The highest BCUT2D eigenvalue weighted by Crippen LogP contribution is 2.25. The van der Waals surface area contributed by atoms with Crippen LogP contribution in [0.25, 0.3) is 0 Å². The van der Waals surface area contributed by atoms with Crippen molar-refractivity contribution in [1.29, 1.82) is 0 Å². The van der Waals surface area contributed by atoms with E-state index < -0.39 is 5.82 Å². The van der Waals surface area contributed by atoms with Crippen molar-refractivity contribution in [3.63, 3.8) is 0 Å². The molecule has 0 saturated heterocycles. The standard InChI is InChI=1S/C20H23FN2O3/c1-3-25-17-7-5-14-9-10-23(13-15(14)11-17)20(24)22-16-6-8-19(26-4-2)18(21)12-16/h5-8,11-12H,3-4,9-10,13H2,1-2H3,(H,22,24). The number of rotatable bonds is 5. The molecular formula is C20H23FN2O3. The molecule has 5 nitrogen and oxygen atoms in total. The van der Waals surface area contributed by atoms with E-state index in [1.165, 1.54) is 17.7 Å². The Kier molecular flexibility index (Phi) is 5.61. The van der Waals surface area contributed by atoms with Gasteiger partial charge in [-0.05, 0) is 55.7 Å². The zero-order valence-corrected chi connectivity index (χ0v) is 15.0. The lowest BCUT2D eigenvalue weighted by atomic mass is 10.00. The normalized spacial score (nSPS) is 13.1. The molecule has 0 radical (unpaired) electrons. The third-order valence-corrected chi connectivity index (χ3v) is 4.27. The number of anilines is 1. The Morgan fingerprint density at radius 3 is 2.65 bits per heavy atom. The molecule has 0 fully saturated rings. The van der Waals surface area contributed by atoms with Crippen molar-refractivity contribution in [2.45, 2.75) is 26.8 Å². The molecule has 138 valence electrons. The van der Waals surface area contributed by atoms with Crippen LogP contribution in [0.3, 0.4) is 0 Å². The first-order chi connectivity index (χ1) is 12.6. The minimum atomic E-state index is -0.491. The number of urea groups is 1. The fraction of sp³-hybridized carbons (Fsp3) is 0.350. The lowest BCUT2D eigenvalue weighted by molar-refractivity contribution is 0.206. The van der Waals surface area contributed by atoms with E-state index in [2.05, 4.69) is 11.4 Å². The number of benzene rings is 2. The van der Waals surface area contributed by atoms with Crippen LogP contribution in [0.5, 0.6) is 11.5 Å². The second-order valence-electron chi connectivity index (χ2n) is 6.04. The summed E-state index contributed by atoms with van der Waals surface area (Å²) in [5, 5.41) is 2.75. The van der Waals surface area contributed by atoms with Gasteiger partial charge in [0.05, 0.1) is 13.2 Å². The molecule has 0 saturated carbocycles. The highest BCUT2D eigenvalue weighted by Gasteiger charge is 2.21. The molecular weight excluding hydrogens is 335 g/mol. The molecule has 3 rings (SSSR count).